The van der Waals surface area contributed by atoms with Crippen LogP contribution in [0.4, 0.5) is 5.69 Å². The molecule has 0 saturated heterocycles. The fourth-order valence-corrected chi connectivity index (χ4v) is 8.90. The van der Waals surface area contributed by atoms with Gasteiger partial charge in [0.15, 0.2) is 0 Å². The van der Waals surface area contributed by atoms with Gasteiger partial charge in [-0.2, -0.15) is 4.36 Å². The van der Waals surface area contributed by atoms with E-state index < -0.39 is 17.8 Å². The van der Waals surface area contributed by atoms with Gasteiger partial charge in [0.25, 0.3) is 0 Å². The number of fused-ring (bicyclic) bond motifs is 1. The molecule has 3 rings (SSSR count). The third-order valence-electron chi connectivity index (χ3n) is 4.39. The van der Waals surface area contributed by atoms with Crippen molar-refractivity contribution in [3.05, 3.63) is 59.7 Å². The maximum absolute atomic E-state index is 13.6. The van der Waals surface area contributed by atoms with Crippen molar-refractivity contribution in [3.63, 3.8) is 0 Å². The van der Waals surface area contributed by atoms with Gasteiger partial charge in [-0.3, -0.25) is 0 Å². The zero-order valence-electron chi connectivity index (χ0n) is 13.7. The average Bonchev–Trinajstić information content (AvgIpc) is 2.46. The van der Waals surface area contributed by atoms with Crippen molar-refractivity contribution in [2.45, 2.75) is 37.0 Å². The normalized spacial score (nSPS) is 24.5. The highest BCUT2D eigenvalue weighted by atomic mass is 32.2. The number of hydrogen-bond donors (Lipinski definition) is 0. The van der Waals surface area contributed by atoms with E-state index in [4.69, 9.17) is 4.36 Å². The van der Waals surface area contributed by atoms with Crippen LogP contribution in [-0.2, 0) is 9.73 Å². The van der Waals surface area contributed by atoms with Crippen LogP contribution < -0.4 is 0 Å². The number of aryl methyl sites for hydroxylation is 1. The summed E-state index contributed by atoms with van der Waals surface area (Å²) in [6, 6.07) is 16.3. The van der Waals surface area contributed by atoms with Gasteiger partial charge in [-0.25, -0.2) is 4.21 Å². The minimum atomic E-state index is -2.37. The molecule has 1 unspecified atom stereocenters. The molecule has 4 heteroatoms. The van der Waals surface area contributed by atoms with Crippen molar-refractivity contribution in [2.75, 3.05) is 5.75 Å². The Bertz CT molecular complexity index is 812. The van der Waals surface area contributed by atoms with Crippen molar-refractivity contribution < 1.29 is 4.21 Å². The minimum Gasteiger partial charge on any atom is -0.244 e. The second kappa shape index (κ2) is 5.35. The predicted molar refractivity (Wildman–Crippen MR) is 97.1 cm³/mol. The van der Waals surface area contributed by atoms with Gasteiger partial charge in [0.05, 0.1) is 23.5 Å². The summed E-state index contributed by atoms with van der Waals surface area (Å²) in [4.78, 5) is 0.871. The predicted octanol–water partition coefficient (Wildman–Crippen LogP) is 5.13. The van der Waals surface area contributed by atoms with Gasteiger partial charge in [-0.05, 0) is 36.2 Å². The average molecular weight is 330 g/mol. The van der Waals surface area contributed by atoms with E-state index in [-0.39, 0.29) is 0 Å². The van der Waals surface area contributed by atoms with Crippen LogP contribution in [0.25, 0.3) is 0 Å². The Morgan fingerprint density at radius 2 is 1.68 bits per heavy atom. The van der Waals surface area contributed by atoms with Crippen LogP contribution in [0, 0.1) is 6.92 Å². The lowest BCUT2D eigenvalue weighted by atomic mass is 10.1. The van der Waals surface area contributed by atoms with Crippen molar-refractivity contribution >= 4 is 23.5 Å². The molecule has 22 heavy (non-hydrogen) atoms. The van der Waals surface area contributed by atoms with Crippen LogP contribution in [0.2, 0.25) is 19.6 Å². The summed E-state index contributed by atoms with van der Waals surface area (Å²) < 4.78 is 18.3. The van der Waals surface area contributed by atoms with E-state index in [0.717, 1.165) is 10.6 Å². The molecule has 0 aromatic heterocycles. The second-order valence-corrected chi connectivity index (χ2v) is 14.9. The molecule has 0 aliphatic carbocycles. The molecule has 1 aliphatic rings. The molecule has 0 bridgehead atoms. The highest BCUT2D eigenvalue weighted by Gasteiger charge is 2.36. The number of benzene rings is 2. The number of nitrogens with zero attached hydrogens (tertiary/aromatic N) is 1. The Morgan fingerprint density at radius 1 is 1.05 bits per heavy atom. The third-order valence-corrected chi connectivity index (χ3v) is 9.57. The molecule has 2 aromatic rings. The van der Waals surface area contributed by atoms with E-state index in [0.29, 0.717) is 11.3 Å². The third kappa shape index (κ3) is 2.77. The first-order valence-corrected chi connectivity index (χ1v) is 13.0. The lowest BCUT2D eigenvalue weighted by Gasteiger charge is -2.34. The van der Waals surface area contributed by atoms with Crippen LogP contribution >= 0.6 is 0 Å². The minimum absolute atomic E-state index is 0.384. The van der Waals surface area contributed by atoms with Gasteiger partial charge in [0.2, 0.25) is 0 Å². The quantitative estimate of drug-likeness (QED) is 0.702. The van der Waals surface area contributed by atoms with Crippen LogP contribution in [0.1, 0.15) is 16.7 Å². The summed E-state index contributed by atoms with van der Waals surface area (Å²) in [7, 11) is -3.85. The molecule has 2 nitrogen and oxygen atoms in total. The Balaban J connectivity index is 2.20. The standard InChI is InChI=1S/C18H23NOSSi/c1-14-9-11-15(12-10-14)21(20)13-18(22(2,3)4)16-7-5-6-8-17(16)19-21/h5-12,18H,13H2,1-4H3/t18-,21?/m0/s1. The van der Waals surface area contributed by atoms with Crippen LogP contribution in [0.3, 0.4) is 0 Å². The number of hydrogen-bond acceptors (Lipinski definition) is 2. The molecule has 2 atom stereocenters. The summed E-state index contributed by atoms with van der Waals surface area (Å²) in [5.74, 6) is 0.656. The van der Waals surface area contributed by atoms with E-state index in [2.05, 4.69) is 38.7 Å². The maximum Gasteiger partial charge on any atom is 0.0803 e. The molecule has 0 amide bonds. The van der Waals surface area contributed by atoms with Gasteiger partial charge >= 0.3 is 0 Å². The first kappa shape index (κ1) is 15.5. The first-order valence-electron chi connectivity index (χ1n) is 7.70. The molecule has 0 radical (unpaired) electrons. The number of rotatable bonds is 2. The summed E-state index contributed by atoms with van der Waals surface area (Å²) in [5, 5.41) is 0. The van der Waals surface area contributed by atoms with Crippen molar-refractivity contribution in [2.24, 2.45) is 4.36 Å². The molecule has 116 valence electrons. The van der Waals surface area contributed by atoms with Gasteiger partial charge < -0.3 is 0 Å². The van der Waals surface area contributed by atoms with E-state index in [1.807, 2.05) is 36.4 Å². The molecular weight excluding hydrogens is 306 g/mol. The molecule has 0 spiro atoms. The topological polar surface area (TPSA) is 29.4 Å². The SMILES string of the molecule is Cc1ccc(S2(=O)=Nc3ccccc3[C@@H]([Si](C)(C)C)C2)cc1. The highest BCUT2D eigenvalue weighted by Crippen LogP contribution is 2.41. The van der Waals surface area contributed by atoms with E-state index in [1.165, 1.54) is 11.1 Å². The first-order chi connectivity index (χ1) is 10.3. The van der Waals surface area contributed by atoms with Crippen molar-refractivity contribution in [3.8, 4) is 0 Å². The summed E-state index contributed by atoms with van der Waals surface area (Å²) >= 11 is 0. The molecular formula is C18H23NOSSi. The van der Waals surface area contributed by atoms with Crippen LogP contribution in [0.15, 0.2) is 57.8 Å². The maximum atomic E-state index is 13.6. The molecule has 1 aliphatic heterocycles. The highest BCUT2D eigenvalue weighted by molar-refractivity contribution is 7.94. The second-order valence-electron chi connectivity index (χ2n) is 7.19. The van der Waals surface area contributed by atoms with Crippen molar-refractivity contribution in [1.82, 2.24) is 0 Å². The van der Waals surface area contributed by atoms with Crippen molar-refractivity contribution in [1.29, 1.82) is 0 Å². The molecule has 0 saturated carbocycles. The Morgan fingerprint density at radius 3 is 2.32 bits per heavy atom. The van der Waals surface area contributed by atoms with Gasteiger partial charge in [0.1, 0.15) is 0 Å². The summed E-state index contributed by atoms with van der Waals surface area (Å²) in [5.41, 5.74) is 3.78. The summed E-state index contributed by atoms with van der Waals surface area (Å²) in [6.45, 7) is 9.12. The van der Waals surface area contributed by atoms with Gasteiger partial charge in [-0.15, -0.1) is 0 Å². The largest absolute Gasteiger partial charge is 0.244 e. The molecule has 1 heterocycles. The van der Waals surface area contributed by atoms with Gasteiger partial charge in [0, 0.05) is 10.6 Å². The monoisotopic (exact) mass is 329 g/mol. The fourth-order valence-electron chi connectivity index (χ4n) is 2.99. The zero-order valence-corrected chi connectivity index (χ0v) is 15.5. The molecule has 2 aromatic carbocycles. The smallest absolute Gasteiger partial charge is 0.0803 e. The van der Waals surface area contributed by atoms with E-state index in [9.17, 15) is 4.21 Å². The van der Waals surface area contributed by atoms with E-state index in [1.54, 1.807) is 0 Å². The zero-order chi connectivity index (χ0) is 16.0. The summed E-state index contributed by atoms with van der Waals surface area (Å²) in [6.07, 6.45) is 0. The fraction of sp³-hybridized carbons (Fsp3) is 0.333. The molecule has 0 N–H and O–H groups in total. The van der Waals surface area contributed by atoms with Crippen LogP contribution in [-0.4, -0.2) is 18.0 Å². The van der Waals surface area contributed by atoms with Crippen LogP contribution in [0.5, 0.6) is 0 Å². The Kier molecular flexibility index (Phi) is 3.77. The Labute approximate surface area is 134 Å². The lowest BCUT2D eigenvalue weighted by Crippen LogP contribution is -2.37. The lowest BCUT2D eigenvalue weighted by molar-refractivity contribution is 0.673. The van der Waals surface area contributed by atoms with E-state index >= 15 is 0 Å². The molecule has 0 fully saturated rings. The van der Waals surface area contributed by atoms with Gasteiger partial charge in [-0.1, -0.05) is 55.5 Å². The Hall–Kier alpha value is -1.39.